The third-order valence-electron chi connectivity index (χ3n) is 5.78. The van der Waals surface area contributed by atoms with Crippen LogP contribution < -0.4 is 14.8 Å². The van der Waals surface area contributed by atoms with E-state index in [0.717, 1.165) is 9.87 Å². The Hall–Kier alpha value is -4.12. The van der Waals surface area contributed by atoms with Crippen molar-refractivity contribution in [2.75, 3.05) is 32.6 Å². The maximum atomic E-state index is 13.2. The van der Waals surface area contributed by atoms with Crippen LogP contribution in [-0.4, -0.2) is 55.5 Å². The van der Waals surface area contributed by atoms with Gasteiger partial charge in [-0.3, -0.25) is 14.7 Å². The van der Waals surface area contributed by atoms with Crippen LogP contribution >= 0.6 is 11.6 Å². The van der Waals surface area contributed by atoms with Crippen LogP contribution in [0.1, 0.15) is 0 Å². The van der Waals surface area contributed by atoms with Gasteiger partial charge in [-0.25, -0.2) is 13.4 Å². The molecule has 1 heterocycles. The summed E-state index contributed by atoms with van der Waals surface area (Å²) in [6, 6.07) is 20.3. The summed E-state index contributed by atoms with van der Waals surface area (Å²) in [5.74, 6) is 0.965. The van der Waals surface area contributed by atoms with Gasteiger partial charge in [-0.2, -0.15) is 4.31 Å². The molecule has 39 heavy (non-hydrogen) atoms. The average molecular weight is 567 g/mol. The van der Waals surface area contributed by atoms with E-state index < -0.39 is 22.5 Å². The van der Waals surface area contributed by atoms with Crippen molar-refractivity contribution in [2.45, 2.75) is 4.90 Å². The quantitative estimate of drug-likeness (QED) is 0.256. The number of amides is 1. The molecular formula is C28H27ClN4O5S. The molecule has 0 fully saturated rings. The Morgan fingerprint density at radius 3 is 2.38 bits per heavy atom. The van der Waals surface area contributed by atoms with E-state index in [4.69, 9.17) is 21.1 Å². The number of anilines is 1. The highest BCUT2D eigenvalue weighted by Gasteiger charge is 2.26. The molecular weight excluding hydrogens is 540 g/mol. The predicted octanol–water partition coefficient (Wildman–Crippen LogP) is 5.03. The number of sulfonamides is 1. The number of carbonyl (C=O) groups excluding carboxylic acids is 1. The van der Waals surface area contributed by atoms with Crippen molar-refractivity contribution in [3.63, 3.8) is 0 Å². The number of nitrogens with zero attached hydrogens (tertiary/aromatic N) is 3. The van der Waals surface area contributed by atoms with Gasteiger partial charge in [0.2, 0.25) is 21.9 Å². The molecule has 1 N–H and O–H groups in total. The highest BCUT2D eigenvalue weighted by Crippen LogP contribution is 2.28. The minimum atomic E-state index is -4.00. The number of hydrogen-bond acceptors (Lipinski definition) is 6. The zero-order valence-electron chi connectivity index (χ0n) is 21.4. The number of ether oxygens (including phenoxy) is 2. The molecule has 0 saturated heterocycles. The number of rotatable bonds is 11. The first-order valence-corrected chi connectivity index (χ1v) is 13.6. The summed E-state index contributed by atoms with van der Waals surface area (Å²) in [6.45, 7) is 3.11. The van der Waals surface area contributed by atoms with Crippen molar-refractivity contribution in [2.24, 2.45) is 0 Å². The molecule has 9 nitrogen and oxygen atoms in total. The lowest BCUT2D eigenvalue weighted by molar-refractivity contribution is -0.116. The zero-order valence-corrected chi connectivity index (χ0v) is 22.9. The van der Waals surface area contributed by atoms with E-state index in [1.165, 1.54) is 30.3 Å². The van der Waals surface area contributed by atoms with E-state index in [1.807, 2.05) is 36.4 Å². The van der Waals surface area contributed by atoms with Gasteiger partial charge < -0.3 is 9.47 Å². The molecule has 1 aromatic heterocycles. The van der Waals surface area contributed by atoms with Crippen molar-refractivity contribution in [1.29, 1.82) is 0 Å². The standard InChI is InChI=1S/C28H27ClN4O5S/c1-4-16-32(39(35,36)25-14-8-21(29)9-15-25)19-27(34)31-28-30-26(20-6-5-7-24(17-20)38-3)18-33(28)22-10-12-23(37-2)13-11-22/h4-15,17-18H,1,16,19H2,2-3H3,(H,30,31,34). The number of hydrogen-bond donors (Lipinski definition) is 1. The number of carbonyl (C=O) groups is 1. The highest BCUT2D eigenvalue weighted by molar-refractivity contribution is 7.89. The fourth-order valence-electron chi connectivity index (χ4n) is 3.80. The van der Waals surface area contributed by atoms with Crippen LogP contribution in [0.5, 0.6) is 11.5 Å². The lowest BCUT2D eigenvalue weighted by Gasteiger charge is -2.20. The minimum absolute atomic E-state index is 0.0154. The largest absolute Gasteiger partial charge is 0.497 e. The van der Waals surface area contributed by atoms with E-state index in [0.29, 0.717) is 27.9 Å². The molecule has 0 unspecified atom stereocenters. The van der Waals surface area contributed by atoms with E-state index in [2.05, 4.69) is 16.9 Å². The SMILES string of the molecule is C=CCN(CC(=O)Nc1nc(-c2cccc(OC)c2)cn1-c1ccc(OC)cc1)S(=O)(=O)c1ccc(Cl)cc1. The summed E-state index contributed by atoms with van der Waals surface area (Å²) < 4.78 is 39.8. The minimum Gasteiger partial charge on any atom is -0.497 e. The van der Waals surface area contributed by atoms with E-state index >= 15 is 0 Å². The van der Waals surface area contributed by atoms with Gasteiger partial charge in [0.05, 0.1) is 31.4 Å². The summed E-state index contributed by atoms with van der Waals surface area (Å²) in [4.78, 5) is 17.8. The number of benzene rings is 3. The molecule has 0 spiro atoms. The van der Waals surface area contributed by atoms with Crippen LogP contribution in [0.2, 0.25) is 5.02 Å². The van der Waals surface area contributed by atoms with Gasteiger partial charge in [-0.15, -0.1) is 6.58 Å². The summed E-state index contributed by atoms with van der Waals surface area (Å²) in [7, 11) is -0.843. The van der Waals surface area contributed by atoms with Crippen molar-refractivity contribution in [3.05, 3.63) is 96.7 Å². The second-order valence-corrected chi connectivity index (χ2v) is 10.7. The Morgan fingerprint density at radius 2 is 1.74 bits per heavy atom. The zero-order chi connectivity index (χ0) is 28.0. The Kier molecular flexibility index (Phi) is 8.70. The fraction of sp³-hybridized carbons (Fsp3) is 0.143. The second kappa shape index (κ2) is 12.2. The van der Waals surface area contributed by atoms with Crippen molar-refractivity contribution in [3.8, 4) is 28.4 Å². The Morgan fingerprint density at radius 1 is 1.05 bits per heavy atom. The highest BCUT2D eigenvalue weighted by atomic mass is 35.5. The number of nitrogens with one attached hydrogen (secondary N) is 1. The molecule has 0 aliphatic carbocycles. The number of imidazole rings is 1. The van der Waals surface area contributed by atoms with Gasteiger partial charge in [-0.1, -0.05) is 29.8 Å². The van der Waals surface area contributed by atoms with Gasteiger partial charge in [0, 0.05) is 29.0 Å². The van der Waals surface area contributed by atoms with Crippen LogP contribution in [0.4, 0.5) is 5.95 Å². The Labute approximate surface area is 232 Å². The molecule has 3 aromatic carbocycles. The van der Waals surface area contributed by atoms with Crippen molar-refractivity contribution in [1.82, 2.24) is 13.9 Å². The van der Waals surface area contributed by atoms with Gasteiger partial charge >= 0.3 is 0 Å². The fourth-order valence-corrected chi connectivity index (χ4v) is 5.29. The first-order valence-electron chi connectivity index (χ1n) is 11.8. The second-order valence-electron chi connectivity index (χ2n) is 8.34. The van der Waals surface area contributed by atoms with E-state index in [9.17, 15) is 13.2 Å². The van der Waals surface area contributed by atoms with Crippen LogP contribution in [0.15, 0.2) is 96.5 Å². The third kappa shape index (κ3) is 6.48. The third-order valence-corrected chi connectivity index (χ3v) is 7.86. The van der Waals surface area contributed by atoms with Crippen LogP contribution in [0.25, 0.3) is 16.9 Å². The maximum Gasteiger partial charge on any atom is 0.243 e. The van der Waals surface area contributed by atoms with Gasteiger partial charge in [0.25, 0.3) is 0 Å². The van der Waals surface area contributed by atoms with E-state index in [1.54, 1.807) is 37.1 Å². The van der Waals surface area contributed by atoms with E-state index in [-0.39, 0.29) is 17.4 Å². The maximum absolute atomic E-state index is 13.2. The lowest BCUT2D eigenvalue weighted by Crippen LogP contribution is -2.38. The van der Waals surface area contributed by atoms with Crippen LogP contribution in [0, 0.1) is 0 Å². The smallest absolute Gasteiger partial charge is 0.243 e. The van der Waals surface area contributed by atoms with Gasteiger partial charge in [-0.05, 0) is 60.7 Å². The molecule has 0 aliphatic rings. The summed E-state index contributed by atoms with van der Waals surface area (Å²) in [6.07, 6.45) is 3.19. The molecule has 11 heteroatoms. The number of aromatic nitrogens is 2. The van der Waals surface area contributed by atoms with Crippen molar-refractivity contribution >= 4 is 33.5 Å². The first-order chi connectivity index (χ1) is 18.7. The number of methoxy groups -OCH3 is 2. The topological polar surface area (TPSA) is 103 Å². The van der Waals surface area contributed by atoms with Crippen LogP contribution in [-0.2, 0) is 14.8 Å². The molecule has 0 bridgehead atoms. The summed E-state index contributed by atoms with van der Waals surface area (Å²) in [5.41, 5.74) is 2.07. The molecule has 4 aromatic rings. The lowest BCUT2D eigenvalue weighted by atomic mass is 10.1. The first kappa shape index (κ1) is 27.9. The Bertz CT molecular complexity index is 1570. The summed E-state index contributed by atoms with van der Waals surface area (Å²) in [5, 5.41) is 3.17. The molecule has 202 valence electrons. The predicted molar refractivity (Wildman–Crippen MR) is 151 cm³/mol. The van der Waals surface area contributed by atoms with Crippen LogP contribution in [0.3, 0.4) is 0 Å². The average Bonchev–Trinajstić information content (AvgIpc) is 3.36. The molecule has 0 atom stereocenters. The van der Waals surface area contributed by atoms with Crippen molar-refractivity contribution < 1.29 is 22.7 Å². The summed E-state index contributed by atoms with van der Waals surface area (Å²) >= 11 is 5.91. The number of halogens is 1. The molecule has 0 aliphatic heterocycles. The molecule has 0 saturated carbocycles. The Balaban J connectivity index is 1.66. The molecule has 1 amide bonds. The van der Waals surface area contributed by atoms with Gasteiger partial charge in [0.15, 0.2) is 0 Å². The molecule has 4 rings (SSSR count). The molecule has 0 radical (unpaired) electrons. The monoisotopic (exact) mass is 566 g/mol. The normalized spacial score (nSPS) is 11.3. The van der Waals surface area contributed by atoms with Gasteiger partial charge in [0.1, 0.15) is 11.5 Å².